The summed E-state index contributed by atoms with van der Waals surface area (Å²) in [5.74, 6) is 0. The van der Waals surface area contributed by atoms with Gasteiger partial charge in [0.25, 0.3) is 0 Å². The maximum atomic E-state index is 10.2. The van der Waals surface area contributed by atoms with Crippen molar-refractivity contribution in [2.24, 2.45) is 5.73 Å². The van der Waals surface area contributed by atoms with Gasteiger partial charge in [0.2, 0.25) is 0 Å². The molecule has 0 aliphatic carbocycles. The quantitative estimate of drug-likeness (QED) is 0.362. The van der Waals surface area contributed by atoms with Gasteiger partial charge in [-0.3, -0.25) is 0 Å². The van der Waals surface area contributed by atoms with Crippen LogP contribution in [-0.4, -0.2) is 63.6 Å². The van der Waals surface area contributed by atoms with Gasteiger partial charge in [0, 0.05) is 6.04 Å². The van der Waals surface area contributed by atoms with Gasteiger partial charge in [0.15, 0.2) is 0 Å². The summed E-state index contributed by atoms with van der Waals surface area (Å²) in [5, 5.41) is 38.3. The van der Waals surface area contributed by atoms with Crippen molar-refractivity contribution < 1.29 is 25.2 Å². The normalized spacial score (nSPS) is 44.0. The monoisotopic (exact) mass is 221 g/mol. The lowest BCUT2D eigenvalue weighted by Gasteiger charge is -2.45. The van der Waals surface area contributed by atoms with E-state index in [1.807, 2.05) is 0 Å². The minimum absolute atomic E-state index is 0.0520. The van der Waals surface area contributed by atoms with Crippen LogP contribution in [0, 0.1) is 0 Å². The minimum Gasteiger partial charge on any atom is -0.394 e. The fraction of sp³-hybridized carbons (Fsp3) is 1.00. The van der Waals surface area contributed by atoms with Crippen LogP contribution in [0.25, 0.3) is 0 Å². The number of aliphatic hydroxyl groups is 4. The maximum absolute atomic E-state index is 10.2. The van der Waals surface area contributed by atoms with E-state index >= 15 is 0 Å². The Morgan fingerprint density at radius 2 is 2.13 bits per heavy atom. The Balaban J connectivity index is 2.84. The SMILES string of the molecule is CC(N)C[C@]1(O)[C@H](O)[C@@H](O)CO[C@@H]1CO. The third-order valence-corrected chi connectivity index (χ3v) is 2.72. The fourth-order valence-electron chi connectivity index (χ4n) is 1.95. The summed E-state index contributed by atoms with van der Waals surface area (Å²) in [6.45, 7) is 1.14. The molecule has 1 heterocycles. The van der Waals surface area contributed by atoms with E-state index in [4.69, 9.17) is 15.6 Å². The van der Waals surface area contributed by atoms with Crippen LogP contribution in [0.3, 0.4) is 0 Å². The van der Waals surface area contributed by atoms with Crippen molar-refractivity contribution in [2.45, 2.75) is 43.3 Å². The average molecular weight is 221 g/mol. The third kappa shape index (κ3) is 2.47. The standard InChI is InChI=1S/C9H19NO5/c1-5(10)2-9(14)7(3-11)15-4-6(12)8(9)13/h5-8,11-14H,2-4,10H2,1H3/t5?,6-,7+,8+,9+/m0/s1. The summed E-state index contributed by atoms with van der Waals surface area (Å²) in [5.41, 5.74) is 3.85. The molecule has 90 valence electrons. The number of hydrogen-bond acceptors (Lipinski definition) is 6. The van der Waals surface area contributed by atoms with Crippen LogP contribution >= 0.6 is 0 Å². The molecule has 5 atom stereocenters. The Morgan fingerprint density at radius 3 is 2.60 bits per heavy atom. The van der Waals surface area contributed by atoms with Gasteiger partial charge in [-0.2, -0.15) is 0 Å². The second-order valence-corrected chi connectivity index (χ2v) is 4.19. The van der Waals surface area contributed by atoms with Crippen LogP contribution in [0.1, 0.15) is 13.3 Å². The van der Waals surface area contributed by atoms with Gasteiger partial charge >= 0.3 is 0 Å². The molecule has 0 aromatic heterocycles. The van der Waals surface area contributed by atoms with Crippen molar-refractivity contribution in [3.63, 3.8) is 0 Å². The average Bonchev–Trinajstić information content (AvgIpc) is 2.14. The first kappa shape index (κ1) is 12.8. The lowest BCUT2D eigenvalue weighted by atomic mass is 9.80. The van der Waals surface area contributed by atoms with E-state index in [-0.39, 0.29) is 19.1 Å². The number of ether oxygens (including phenoxy) is 1. The van der Waals surface area contributed by atoms with Crippen molar-refractivity contribution in [3.8, 4) is 0 Å². The van der Waals surface area contributed by atoms with Crippen LogP contribution in [0.2, 0.25) is 0 Å². The van der Waals surface area contributed by atoms with Gasteiger partial charge in [-0.15, -0.1) is 0 Å². The Hall–Kier alpha value is -0.240. The Morgan fingerprint density at radius 1 is 1.53 bits per heavy atom. The first-order valence-corrected chi connectivity index (χ1v) is 4.98. The minimum atomic E-state index is -1.69. The molecule has 1 aliphatic heterocycles. The van der Waals surface area contributed by atoms with E-state index in [0.717, 1.165) is 0 Å². The summed E-state index contributed by atoms with van der Waals surface area (Å²) in [4.78, 5) is 0. The Labute approximate surface area is 88.3 Å². The highest BCUT2D eigenvalue weighted by molar-refractivity contribution is 5.01. The van der Waals surface area contributed by atoms with E-state index in [9.17, 15) is 15.3 Å². The van der Waals surface area contributed by atoms with Crippen LogP contribution in [0.4, 0.5) is 0 Å². The van der Waals surface area contributed by atoms with E-state index in [1.165, 1.54) is 0 Å². The molecule has 0 aromatic rings. The molecule has 1 rings (SSSR count). The van der Waals surface area contributed by atoms with Gasteiger partial charge in [0.1, 0.15) is 23.9 Å². The van der Waals surface area contributed by atoms with Crippen molar-refractivity contribution in [1.82, 2.24) is 0 Å². The van der Waals surface area contributed by atoms with Crippen molar-refractivity contribution >= 4 is 0 Å². The molecule has 6 nitrogen and oxygen atoms in total. The van der Waals surface area contributed by atoms with Gasteiger partial charge in [-0.25, -0.2) is 0 Å². The maximum Gasteiger partial charge on any atom is 0.123 e. The van der Waals surface area contributed by atoms with Crippen LogP contribution in [-0.2, 0) is 4.74 Å². The molecule has 0 saturated carbocycles. The molecule has 1 unspecified atom stereocenters. The second kappa shape index (κ2) is 4.73. The summed E-state index contributed by atoms with van der Waals surface area (Å²) < 4.78 is 5.06. The number of rotatable bonds is 3. The largest absolute Gasteiger partial charge is 0.394 e. The summed E-state index contributed by atoms with van der Waals surface area (Å²) in [6.07, 6.45) is -3.37. The first-order chi connectivity index (χ1) is 6.91. The fourth-order valence-corrected chi connectivity index (χ4v) is 1.95. The summed E-state index contributed by atoms with van der Waals surface area (Å²) >= 11 is 0. The Kier molecular flexibility index (Phi) is 4.05. The van der Waals surface area contributed by atoms with Gasteiger partial charge in [-0.1, -0.05) is 0 Å². The number of nitrogens with two attached hydrogens (primary N) is 1. The smallest absolute Gasteiger partial charge is 0.123 e. The highest BCUT2D eigenvalue weighted by atomic mass is 16.5. The summed E-state index contributed by atoms with van der Waals surface area (Å²) in [7, 11) is 0. The zero-order valence-corrected chi connectivity index (χ0v) is 8.71. The number of hydrogen-bond donors (Lipinski definition) is 5. The second-order valence-electron chi connectivity index (χ2n) is 4.19. The molecule has 0 spiro atoms. The van der Waals surface area contributed by atoms with Gasteiger partial charge < -0.3 is 30.9 Å². The molecule has 1 saturated heterocycles. The van der Waals surface area contributed by atoms with Crippen molar-refractivity contribution in [2.75, 3.05) is 13.2 Å². The first-order valence-electron chi connectivity index (χ1n) is 4.98. The topological polar surface area (TPSA) is 116 Å². The van der Waals surface area contributed by atoms with Crippen LogP contribution in [0.15, 0.2) is 0 Å². The predicted molar refractivity (Wildman–Crippen MR) is 52.1 cm³/mol. The molecule has 0 aromatic carbocycles. The van der Waals surface area contributed by atoms with Crippen LogP contribution < -0.4 is 5.73 Å². The van der Waals surface area contributed by atoms with E-state index in [0.29, 0.717) is 0 Å². The lowest BCUT2D eigenvalue weighted by molar-refractivity contribution is -0.252. The molecular formula is C9H19NO5. The van der Waals surface area contributed by atoms with E-state index < -0.39 is 30.5 Å². The predicted octanol–water partition coefficient (Wildman–Crippen LogP) is -2.43. The Bertz CT molecular complexity index is 209. The number of aliphatic hydroxyl groups excluding tert-OH is 3. The zero-order valence-electron chi connectivity index (χ0n) is 8.71. The van der Waals surface area contributed by atoms with Gasteiger partial charge in [0.05, 0.1) is 13.2 Å². The van der Waals surface area contributed by atoms with Gasteiger partial charge in [-0.05, 0) is 13.3 Å². The molecule has 0 amide bonds. The summed E-state index contributed by atoms with van der Waals surface area (Å²) in [6, 6.07) is -0.368. The van der Waals surface area contributed by atoms with Crippen molar-refractivity contribution in [3.05, 3.63) is 0 Å². The highest BCUT2D eigenvalue weighted by Gasteiger charge is 2.50. The van der Waals surface area contributed by atoms with Crippen molar-refractivity contribution in [1.29, 1.82) is 0 Å². The molecule has 6 N–H and O–H groups in total. The highest BCUT2D eigenvalue weighted by Crippen LogP contribution is 2.30. The molecule has 6 heteroatoms. The zero-order chi connectivity index (χ0) is 11.6. The molecule has 0 radical (unpaired) electrons. The third-order valence-electron chi connectivity index (χ3n) is 2.72. The molecule has 1 aliphatic rings. The molecular weight excluding hydrogens is 202 g/mol. The molecule has 0 bridgehead atoms. The van der Waals surface area contributed by atoms with E-state index in [1.54, 1.807) is 6.92 Å². The van der Waals surface area contributed by atoms with E-state index in [2.05, 4.69) is 0 Å². The lowest BCUT2D eigenvalue weighted by Crippen LogP contribution is -2.65. The van der Waals surface area contributed by atoms with Crippen LogP contribution in [0.5, 0.6) is 0 Å². The molecule has 15 heavy (non-hydrogen) atoms. The molecule has 1 fully saturated rings.